The van der Waals surface area contributed by atoms with Gasteiger partial charge in [-0.2, -0.15) is 0 Å². The van der Waals surface area contributed by atoms with E-state index < -0.39 is 12.1 Å². The van der Waals surface area contributed by atoms with Crippen LogP contribution in [0.2, 0.25) is 0 Å². The highest BCUT2D eigenvalue weighted by atomic mass is 16.2. The van der Waals surface area contributed by atoms with E-state index in [-0.39, 0.29) is 11.8 Å². The maximum atomic E-state index is 12.3. The summed E-state index contributed by atoms with van der Waals surface area (Å²) in [6, 6.07) is 8.75. The van der Waals surface area contributed by atoms with Gasteiger partial charge in [-0.05, 0) is 25.3 Å². The van der Waals surface area contributed by atoms with E-state index in [0.29, 0.717) is 32.6 Å². The number of nitrogens with two attached hydrogens (primary N) is 1. The average molecular weight is 346 g/mol. The van der Waals surface area contributed by atoms with Crippen molar-refractivity contribution in [2.24, 2.45) is 5.73 Å². The molecule has 7 nitrogen and oxygen atoms in total. The molecule has 1 aliphatic heterocycles. The van der Waals surface area contributed by atoms with E-state index in [1.807, 2.05) is 18.2 Å². The minimum Gasteiger partial charge on any atom is -0.352 e. The van der Waals surface area contributed by atoms with Crippen LogP contribution < -0.4 is 11.1 Å². The molecule has 2 rings (SSSR count). The molecular formula is C18H26N4O3. The molecule has 0 bridgehead atoms. The summed E-state index contributed by atoms with van der Waals surface area (Å²) in [5.41, 5.74) is 6.27. The molecule has 3 N–H and O–H groups in total. The Kier molecular flexibility index (Phi) is 6.80. The summed E-state index contributed by atoms with van der Waals surface area (Å²) in [6.07, 6.45) is 2.23. The quantitative estimate of drug-likeness (QED) is 0.795. The second-order valence-corrected chi connectivity index (χ2v) is 6.28. The lowest BCUT2D eigenvalue weighted by molar-refractivity contribution is -0.140. The monoisotopic (exact) mass is 346 g/mol. The molecule has 1 heterocycles. The molecule has 0 aliphatic carbocycles. The fourth-order valence-electron chi connectivity index (χ4n) is 2.97. The maximum Gasteiger partial charge on any atom is 0.312 e. The SMILES string of the molecule is C[C@@H](NC(N)=O)C(=O)N1CCN(C(=O)CCCc2ccccc2)CC1. The van der Waals surface area contributed by atoms with Crippen LogP contribution in [0, 0.1) is 0 Å². The molecule has 4 amide bonds. The molecule has 0 radical (unpaired) electrons. The van der Waals surface area contributed by atoms with E-state index in [2.05, 4.69) is 17.4 Å². The van der Waals surface area contributed by atoms with Gasteiger partial charge in [-0.15, -0.1) is 0 Å². The summed E-state index contributed by atoms with van der Waals surface area (Å²) < 4.78 is 0. The largest absolute Gasteiger partial charge is 0.352 e. The summed E-state index contributed by atoms with van der Waals surface area (Å²) in [5, 5.41) is 2.38. The second kappa shape index (κ2) is 9.05. The number of rotatable bonds is 6. The zero-order valence-corrected chi connectivity index (χ0v) is 14.6. The fourth-order valence-corrected chi connectivity index (χ4v) is 2.97. The summed E-state index contributed by atoms with van der Waals surface area (Å²) >= 11 is 0. The Balaban J connectivity index is 1.71. The van der Waals surface area contributed by atoms with Crippen molar-refractivity contribution in [2.75, 3.05) is 26.2 Å². The standard InChI is InChI=1S/C18H26N4O3/c1-14(20-18(19)25)17(24)22-12-10-21(11-13-22)16(23)9-5-8-15-6-3-2-4-7-15/h2-4,6-7,14H,5,8-13H2,1H3,(H3,19,20,25)/t14-/m1/s1. The van der Waals surface area contributed by atoms with Crippen molar-refractivity contribution in [1.82, 2.24) is 15.1 Å². The molecule has 1 aliphatic rings. The van der Waals surface area contributed by atoms with Gasteiger partial charge in [0.1, 0.15) is 6.04 Å². The normalized spacial score (nSPS) is 15.6. The molecule has 1 fully saturated rings. The predicted octanol–water partition coefficient (Wildman–Crippen LogP) is 0.737. The number of amides is 4. The number of hydrogen-bond acceptors (Lipinski definition) is 3. The van der Waals surface area contributed by atoms with Crippen LogP contribution in [0.3, 0.4) is 0 Å². The van der Waals surface area contributed by atoms with Gasteiger partial charge < -0.3 is 20.9 Å². The van der Waals surface area contributed by atoms with Gasteiger partial charge >= 0.3 is 6.03 Å². The van der Waals surface area contributed by atoms with Gasteiger partial charge in [0.15, 0.2) is 0 Å². The lowest BCUT2D eigenvalue weighted by Crippen LogP contribution is -2.55. The van der Waals surface area contributed by atoms with Gasteiger partial charge in [-0.1, -0.05) is 30.3 Å². The zero-order chi connectivity index (χ0) is 18.2. The summed E-state index contributed by atoms with van der Waals surface area (Å²) in [6.45, 7) is 3.62. The third-order valence-electron chi connectivity index (χ3n) is 4.37. The van der Waals surface area contributed by atoms with Crippen molar-refractivity contribution in [1.29, 1.82) is 0 Å². The van der Waals surface area contributed by atoms with E-state index in [1.54, 1.807) is 16.7 Å². The predicted molar refractivity (Wildman–Crippen MR) is 94.7 cm³/mol. The Labute approximate surface area is 148 Å². The van der Waals surface area contributed by atoms with Gasteiger partial charge in [0.2, 0.25) is 11.8 Å². The van der Waals surface area contributed by atoms with Crippen LogP contribution in [0.25, 0.3) is 0 Å². The van der Waals surface area contributed by atoms with Crippen molar-refractivity contribution in [3.8, 4) is 0 Å². The van der Waals surface area contributed by atoms with Gasteiger partial charge in [-0.3, -0.25) is 9.59 Å². The van der Waals surface area contributed by atoms with Crippen molar-refractivity contribution in [2.45, 2.75) is 32.2 Å². The van der Waals surface area contributed by atoms with Gasteiger partial charge in [0, 0.05) is 32.6 Å². The van der Waals surface area contributed by atoms with E-state index >= 15 is 0 Å². The molecule has 0 saturated carbocycles. The van der Waals surface area contributed by atoms with Crippen molar-refractivity contribution in [3.63, 3.8) is 0 Å². The molecule has 0 aromatic heterocycles. The first-order valence-electron chi connectivity index (χ1n) is 8.64. The average Bonchev–Trinajstić information content (AvgIpc) is 2.61. The molecule has 1 saturated heterocycles. The molecule has 136 valence electrons. The van der Waals surface area contributed by atoms with E-state index in [4.69, 9.17) is 5.73 Å². The highest BCUT2D eigenvalue weighted by Crippen LogP contribution is 2.09. The first-order valence-corrected chi connectivity index (χ1v) is 8.64. The molecule has 1 aromatic carbocycles. The Morgan fingerprint density at radius 1 is 1.08 bits per heavy atom. The summed E-state index contributed by atoms with van der Waals surface area (Å²) in [5.74, 6) is -0.0404. The molecule has 0 spiro atoms. The third kappa shape index (κ3) is 5.77. The smallest absolute Gasteiger partial charge is 0.312 e. The number of aryl methyl sites for hydroxylation is 1. The van der Waals surface area contributed by atoms with Gasteiger partial charge in [0.25, 0.3) is 0 Å². The van der Waals surface area contributed by atoms with E-state index in [9.17, 15) is 14.4 Å². The Morgan fingerprint density at radius 2 is 1.68 bits per heavy atom. The van der Waals surface area contributed by atoms with E-state index in [0.717, 1.165) is 12.8 Å². The fraction of sp³-hybridized carbons (Fsp3) is 0.500. The number of urea groups is 1. The summed E-state index contributed by atoms with van der Waals surface area (Å²) in [4.78, 5) is 38.8. The molecule has 25 heavy (non-hydrogen) atoms. The van der Waals surface area contributed by atoms with Gasteiger partial charge in [0.05, 0.1) is 0 Å². The number of piperazine rings is 1. The highest BCUT2D eigenvalue weighted by Gasteiger charge is 2.27. The second-order valence-electron chi connectivity index (χ2n) is 6.28. The lowest BCUT2D eigenvalue weighted by Gasteiger charge is -2.36. The minimum atomic E-state index is -0.715. The molecular weight excluding hydrogens is 320 g/mol. The molecule has 1 aromatic rings. The Hall–Kier alpha value is -2.57. The number of nitrogens with one attached hydrogen (secondary N) is 1. The van der Waals surface area contributed by atoms with Crippen LogP contribution in [-0.2, 0) is 16.0 Å². The number of hydrogen-bond donors (Lipinski definition) is 2. The van der Waals surface area contributed by atoms with Gasteiger partial charge in [-0.25, -0.2) is 4.79 Å². The number of carbonyl (C=O) groups excluding carboxylic acids is 3. The topological polar surface area (TPSA) is 95.7 Å². The number of nitrogens with zero attached hydrogens (tertiary/aromatic N) is 2. The zero-order valence-electron chi connectivity index (χ0n) is 14.6. The molecule has 0 unspecified atom stereocenters. The third-order valence-corrected chi connectivity index (χ3v) is 4.37. The Morgan fingerprint density at radius 3 is 2.28 bits per heavy atom. The van der Waals surface area contributed by atoms with Crippen LogP contribution in [0.1, 0.15) is 25.3 Å². The van der Waals surface area contributed by atoms with Crippen LogP contribution in [0.15, 0.2) is 30.3 Å². The number of benzene rings is 1. The minimum absolute atomic E-state index is 0.131. The highest BCUT2D eigenvalue weighted by molar-refractivity contribution is 5.86. The first-order chi connectivity index (χ1) is 12.0. The maximum absolute atomic E-state index is 12.3. The van der Waals surface area contributed by atoms with Crippen LogP contribution in [0.5, 0.6) is 0 Å². The molecule has 7 heteroatoms. The Bertz CT molecular complexity index is 598. The van der Waals surface area contributed by atoms with Crippen LogP contribution in [-0.4, -0.2) is 59.9 Å². The summed E-state index contributed by atoms with van der Waals surface area (Å²) in [7, 11) is 0. The van der Waals surface area contributed by atoms with Crippen LogP contribution >= 0.6 is 0 Å². The van der Waals surface area contributed by atoms with Crippen LogP contribution in [0.4, 0.5) is 4.79 Å². The number of primary amides is 1. The lowest BCUT2D eigenvalue weighted by atomic mass is 10.1. The van der Waals surface area contributed by atoms with Crippen molar-refractivity contribution < 1.29 is 14.4 Å². The van der Waals surface area contributed by atoms with Crippen molar-refractivity contribution >= 4 is 17.8 Å². The first kappa shape index (κ1) is 18.8. The van der Waals surface area contributed by atoms with E-state index in [1.165, 1.54) is 5.56 Å². The molecule has 1 atom stereocenters. The van der Waals surface area contributed by atoms with Crippen molar-refractivity contribution in [3.05, 3.63) is 35.9 Å². The number of carbonyl (C=O) groups is 3.